The van der Waals surface area contributed by atoms with Crippen molar-refractivity contribution < 1.29 is 80.5 Å². The lowest BCUT2D eigenvalue weighted by Crippen LogP contribution is -2.46. The SMILES string of the molecule is CCCCCC=CC=CC(=O)SCCNC(=O)CCNC(=O)C(O)C(C)(C)COP(=O)(O)OP(=O)(O)OC[C@H]1O[C@@H](n2cnc3c(N)ncnc32)[C@H](O)[C@@H]1OP(=O)(O)O. The van der Waals surface area contributed by atoms with Crippen LogP contribution in [0, 0.1) is 5.41 Å². The lowest BCUT2D eigenvalue weighted by molar-refractivity contribution is -0.137. The van der Waals surface area contributed by atoms with Gasteiger partial charge >= 0.3 is 23.5 Å². The summed E-state index contributed by atoms with van der Waals surface area (Å²) in [5, 5.41) is 26.2. The number of hydrogen-bond donors (Lipinski definition) is 9. The van der Waals surface area contributed by atoms with Gasteiger partial charge in [0.2, 0.25) is 16.9 Å². The van der Waals surface area contributed by atoms with Gasteiger partial charge in [0.25, 0.3) is 0 Å². The van der Waals surface area contributed by atoms with Gasteiger partial charge in [-0.25, -0.2) is 28.6 Å². The number of aliphatic hydroxyl groups is 2. The zero-order chi connectivity index (χ0) is 44.0. The Balaban J connectivity index is 1.44. The summed E-state index contributed by atoms with van der Waals surface area (Å²) in [6.07, 6.45) is 4.28. The molecule has 1 fully saturated rings. The van der Waals surface area contributed by atoms with Crippen LogP contribution in [0.1, 0.15) is 59.1 Å². The van der Waals surface area contributed by atoms with Gasteiger partial charge in [0.15, 0.2) is 17.7 Å². The first-order valence-electron chi connectivity index (χ1n) is 17.9. The maximum atomic E-state index is 12.7. The quantitative estimate of drug-likeness (QED) is 0.0294. The number of carbonyl (C=O) groups excluding carboxylic acids is 3. The van der Waals surface area contributed by atoms with E-state index >= 15 is 0 Å². The topological polar surface area (TPSA) is 364 Å². The molecule has 2 amide bonds. The highest BCUT2D eigenvalue weighted by Crippen LogP contribution is 2.61. The van der Waals surface area contributed by atoms with Crippen molar-refractivity contribution >= 4 is 69.1 Å². The minimum absolute atomic E-state index is 0.0300. The summed E-state index contributed by atoms with van der Waals surface area (Å²) in [6.45, 7) is 2.59. The van der Waals surface area contributed by atoms with Crippen LogP contribution in [0.4, 0.5) is 5.82 Å². The summed E-state index contributed by atoms with van der Waals surface area (Å²) in [6, 6.07) is 0. The molecular formula is C31H50N7O17P3S. The number of fused-ring (bicyclic) bond motifs is 1. The molecule has 1 aliphatic heterocycles. The molecule has 3 heterocycles. The van der Waals surface area contributed by atoms with E-state index in [-0.39, 0.29) is 41.6 Å². The van der Waals surface area contributed by atoms with E-state index in [9.17, 15) is 57.9 Å². The first-order chi connectivity index (χ1) is 27.6. The number of imidazole rings is 1. The van der Waals surface area contributed by atoms with Gasteiger partial charge in [-0.1, -0.05) is 63.6 Å². The zero-order valence-corrected chi connectivity index (χ0v) is 35.7. The Hall–Kier alpha value is -2.96. The number of rotatable bonds is 25. The van der Waals surface area contributed by atoms with E-state index < -0.39 is 84.6 Å². The molecule has 0 spiro atoms. The number of allylic oxidation sites excluding steroid dienone is 3. The fourth-order valence-electron chi connectivity index (χ4n) is 5.15. The molecule has 0 aromatic carbocycles. The number of anilines is 1. The van der Waals surface area contributed by atoms with Crippen molar-refractivity contribution in [3.8, 4) is 0 Å². The van der Waals surface area contributed by atoms with Crippen LogP contribution in [0.3, 0.4) is 0 Å². The predicted molar refractivity (Wildman–Crippen MR) is 210 cm³/mol. The molecule has 7 atom stereocenters. The molecule has 3 rings (SSSR count). The lowest BCUT2D eigenvalue weighted by atomic mass is 9.87. The second-order valence-electron chi connectivity index (χ2n) is 13.5. The van der Waals surface area contributed by atoms with E-state index in [1.165, 1.54) is 19.9 Å². The Kier molecular flexibility index (Phi) is 19.4. The maximum Gasteiger partial charge on any atom is 0.481 e. The normalized spacial score (nSPS) is 21.4. The summed E-state index contributed by atoms with van der Waals surface area (Å²) in [4.78, 5) is 87.6. The Morgan fingerprint density at radius 2 is 1.76 bits per heavy atom. The van der Waals surface area contributed by atoms with Crippen molar-refractivity contribution in [3.63, 3.8) is 0 Å². The van der Waals surface area contributed by atoms with E-state index in [4.69, 9.17) is 19.5 Å². The number of thioether (sulfide) groups is 1. The third-order valence-electron chi connectivity index (χ3n) is 8.20. The summed E-state index contributed by atoms with van der Waals surface area (Å²) in [5.74, 6) is -1.15. The number of carbonyl (C=O) groups is 3. The Bertz CT molecular complexity index is 1950. The molecular weight excluding hydrogens is 867 g/mol. The van der Waals surface area contributed by atoms with Gasteiger partial charge in [-0.05, 0) is 18.9 Å². The van der Waals surface area contributed by atoms with Gasteiger partial charge < -0.3 is 50.9 Å². The Morgan fingerprint density at radius 3 is 2.46 bits per heavy atom. The molecule has 3 unspecified atom stereocenters. The van der Waals surface area contributed by atoms with Crippen LogP contribution in [0.5, 0.6) is 0 Å². The van der Waals surface area contributed by atoms with Gasteiger partial charge in [-0.2, -0.15) is 4.31 Å². The number of phosphoric acid groups is 3. The van der Waals surface area contributed by atoms with Crippen molar-refractivity contribution in [2.24, 2.45) is 5.41 Å². The van der Waals surface area contributed by atoms with Crippen LogP contribution in [0.25, 0.3) is 11.2 Å². The number of phosphoric ester groups is 3. The molecule has 0 radical (unpaired) electrons. The summed E-state index contributed by atoms with van der Waals surface area (Å²) in [7, 11) is -16.4. The number of hydrogen-bond acceptors (Lipinski definition) is 18. The number of ether oxygens (including phenoxy) is 1. The first-order valence-corrected chi connectivity index (χ1v) is 23.5. The highest BCUT2D eigenvalue weighted by atomic mass is 32.2. The number of aromatic nitrogens is 4. The van der Waals surface area contributed by atoms with E-state index in [2.05, 4.69) is 41.3 Å². The second kappa shape index (κ2) is 22.8. The number of amides is 2. The smallest absolute Gasteiger partial charge is 0.386 e. The minimum Gasteiger partial charge on any atom is -0.386 e. The van der Waals surface area contributed by atoms with Crippen molar-refractivity contribution in [2.45, 2.75) is 83.5 Å². The molecule has 332 valence electrons. The second-order valence-corrected chi connectivity index (χ2v) is 18.9. The molecule has 2 aromatic rings. The molecule has 59 heavy (non-hydrogen) atoms. The van der Waals surface area contributed by atoms with Crippen LogP contribution < -0.4 is 16.4 Å². The Labute approximate surface area is 342 Å². The van der Waals surface area contributed by atoms with Gasteiger partial charge in [-0.15, -0.1) is 0 Å². The fraction of sp³-hybridized carbons (Fsp3) is 0.613. The number of nitrogens with one attached hydrogen (secondary N) is 2. The summed E-state index contributed by atoms with van der Waals surface area (Å²) in [5.41, 5.74) is 4.26. The van der Waals surface area contributed by atoms with Crippen molar-refractivity contribution in [1.29, 1.82) is 0 Å². The first kappa shape index (κ1) is 50.4. The van der Waals surface area contributed by atoms with Gasteiger partial charge in [0.1, 0.15) is 36.3 Å². The molecule has 1 aliphatic rings. The Morgan fingerprint density at radius 1 is 1.05 bits per heavy atom. The third kappa shape index (κ3) is 16.8. The number of aliphatic hydroxyl groups excluding tert-OH is 2. The highest BCUT2D eigenvalue weighted by Gasteiger charge is 2.50. The van der Waals surface area contributed by atoms with Crippen LogP contribution in [-0.4, -0.2) is 123 Å². The molecule has 10 N–H and O–H groups in total. The zero-order valence-electron chi connectivity index (χ0n) is 32.2. The lowest BCUT2D eigenvalue weighted by Gasteiger charge is -2.30. The van der Waals surface area contributed by atoms with Crippen molar-refractivity contribution in [2.75, 3.05) is 37.8 Å². The molecule has 0 saturated carbocycles. The summed E-state index contributed by atoms with van der Waals surface area (Å²) < 4.78 is 62.2. The highest BCUT2D eigenvalue weighted by molar-refractivity contribution is 8.14. The van der Waals surface area contributed by atoms with Crippen LogP contribution in [0.15, 0.2) is 37.0 Å². The van der Waals surface area contributed by atoms with Crippen molar-refractivity contribution in [1.82, 2.24) is 30.2 Å². The summed E-state index contributed by atoms with van der Waals surface area (Å²) >= 11 is 1.02. The van der Waals surface area contributed by atoms with E-state index in [1.807, 2.05) is 12.2 Å². The average Bonchev–Trinajstić information content (AvgIpc) is 3.71. The number of nitrogens with zero attached hydrogens (tertiary/aromatic N) is 4. The monoisotopic (exact) mass is 917 g/mol. The molecule has 28 heteroatoms. The minimum atomic E-state index is -5.57. The molecule has 24 nitrogen and oxygen atoms in total. The molecule has 2 aromatic heterocycles. The number of nitrogen functional groups attached to an aromatic ring is 1. The molecule has 0 aliphatic carbocycles. The standard InChI is InChI=1S/C31H50N7O17P3S/c1-4-5-6-7-8-9-10-11-22(40)59-15-14-33-21(39)12-13-34-29(43)26(42)31(2,3)17-52-58(49,50)55-57(47,48)51-16-20-25(54-56(44,45)46)24(41)30(53-20)38-19-37-23-27(32)35-18-36-28(23)38/h8-11,18-20,24-26,30,41-42H,4-7,12-17H2,1-3H3,(H,33,39)(H,34,43)(H,47,48)(H,49,50)(H2,32,35,36)(H2,44,45,46)/t20-,24-,25-,26?,30-/m1/s1. The number of nitrogens with two attached hydrogens (primary N) is 1. The van der Waals surface area contributed by atoms with Crippen LogP contribution >= 0.6 is 35.2 Å². The van der Waals surface area contributed by atoms with E-state index in [0.29, 0.717) is 5.75 Å². The number of unbranched alkanes of at least 4 members (excludes halogenated alkanes) is 3. The van der Waals surface area contributed by atoms with Gasteiger partial charge in [0, 0.05) is 30.7 Å². The predicted octanol–water partition coefficient (Wildman–Crippen LogP) is 1.36. The molecule has 0 bridgehead atoms. The van der Waals surface area contributed by atoms with E-state index in [0.717, 1.165) is 54.7 Å². The van der Waals surface area contributed by atoms with Crippen molar-refractivity contribution in [3.05, 3.63) is 37.0 Å². The average molecular weight is 918 g/mol. The van der Waals surface area contributed by atoms with Gasteiger partial charge in [0.05, 0.1) is 19.5 Å². The largest absolute Gasteiger partial charge is 0.481 e. The van der Waals surface area contributed by atoms with E-state index in [1.54, 1.807) is 6.08 Å². The fourth-order valence-corrected chi connectivity index (χ4v) is 8.56. The van der Waals surface area contributed by atoms with Gasteiger partial charge in [-0.3, -0.25) is 32.5 Å². The van der Waals surface area contributed by atoms with Crippen LogP contribution in [0.2, 0.25) is 0 Å². The van der Waals surface area contributed by atoms with Crippen LogP contribution in [-0.2, 0) is 50.7 Å². The third-order valence-corrected chi connectivity index (χ3v) is 12.1. The molecule has 1 saturated heterocycles. The maximum absolute atomic E-state index is 12.7.